The van der Waals surface area contributed by atoms with Crippen molar-refractivity contribution in [1.82, 2.24) is 5.32 Å². The second-order valence-electron chi connectivity index (χ2n) is 6.57. The van der Waals surface area contributed by atoms with Crippen molar-refractivity contribution in [3.63, 3.8) is 0 Å². The van der Waals surface area contributed by atoms with Gasteiger partial charge in [0.1, 0.15) is 0 Å². The predicted molar refractivity (Wildman–Crippen MR) is 84.5 cm³/mol. The van der Waals surface area contributed by atoms with Crippen LogP contribution in [0.1, 0.15) is 46.0 Å². The van der Waals surface area contributed by atoms with E-state index in [4.69, 9.17) is 0 Å². The smallest absolute Gasteiger partial charge is 0.223 e. The topological polar surface area (TPSA) is 29.1 Å². The number of thioether (sulfide) groups is 2. The summed E-state index contributed by atoms with van der Waals surface area (Å²) in [6, 6.07) is 0.276. The van der Waals surface area contributed by atoms with E-state index in [1.165, 1.54) is 30.8 Å². The molecular formula is C15H25NOS2. The molecule has 0 aromatic rings. The van der Waals surface area contributed by atoms with Crippen LogP contribution in [0.15, 0.2) is 0 Å². The lowest BCUT2D eigenvalue weighted by Crippen LogP contribution is -2.50. The molecule has 1 N–H and O–H groups in total. The Hall–Kier alpha value is 0.170. The Morgan fingerprint density at radius 3 is 2.26 bits per heavy atom. The summed E-state index contributed by atoms with van der Waals surface area (Å²) in [5.74, 6) is 4.79. The number of carbonyl (C=O) groups is 1. The van der Waals surface area contributed by atoms with Crippen LogP contribution in [0.3, 0.4) is 0 Å². The zero-order valence-electron chi connectivity index (χ0n) is 12.0. The molecule has 0 aromatic carbocycles. The van der Waals surface area contributed by atoms with Crippen LogP contribution in [0.2, 0.25) is 0 Å². The lowest BCUT2D eigenvalue weighted by Gasteiger charge is -2.52. The van der Waals surface area contributed by atoms with Gasteiger partial charge in [-0.05, 0) is 51.4 Å². The van der Waals surface area contributed by atoms with E-state index in [0.29, 0.717) is 9.99 Å². The van der Waals surface area contributed by atoms with Crippen molar-refractivity contribution in [2.75, 3.05) is 11.5 Å². The van der Waals surface area contributed by atoms with Crippen LogP contribution in [0, 0.1) is 17.8 Å². The van der Waals surface area contributed by atoms with E-state index in [-0.39, 0.29) is 12.0 Å². The summed E-state index contributed by atoms with van der Waals surface area (Å²) in [6.07, 6.45) is 6.35. The van der Waals surface area contributed by atoms with Gasteiger partial charge in [-0.15, -0.1) is 23.5 Å². The van der Waals surface area contributed by atoms with Gasteiger partial charge in [0, 0.05) is 23.5 Å². The molecule has 1 heterocycles. The summed E-state index contributed by atoms with van der Waals surface area (Å²) in [5, 5.41) is 3.13. The Bertz CT molecular complexity index is 336. The van der Waals surface area contributed by atoms with Crippen molar-refractivity contribution in [2.24, 2.45) is 17.8 Å². The van der Waals surface area contributed by atoms with Crippen LogP contribution >= 0.6 is 23.5 Å². The van der Waals surface area contributed by atoms with E-state index in [9.17, 15) is 4.79 Å². The fourth-order valence-corrected chi connectivity index (χ4v) is 8.16. The lowest BCUT2D eigenvalue weighted by atomic mass is 9.67. The van der Waals surface area contributed by atoms with Gasteiger partial charge in [0.05, 0.1) is 4.08 Å². The first-order chi connectivity index (χ1) is 9.12. The van der Waals surface area contributed by atoms with E-state index >= 15 is 0 Å². The van der Waals surface area contributed by atoms with Gasteiger partial charge >= 0.3 is 0 Å². The molecule has 2 atom stereocenters. The number of carbonyl (C=O) groups excluding carboxylic acids is 1. The van der Waals surface area contributed by atoms with Crippen molar-refractivity contribution in [1.29, 1.82) is 0 Å². The minimum atomic E-state index is 0.276. The summed E-state index contributed by atoms with van der Waals surface area (Å²) >= 11 is 4.43. The van der Waals surface area contributed by atoms with Gasteiger partial charge in [0.25, 0.3) is 0 Å². The van der Waals surface area contributed by atoms with Crippen molar-refractivity contribution in [2.45, 2.75) is 56.1 Å². The van der Waals surface area contributed by atoms with E-state index in [1.807, 2.05) is 0 Å². The molecule has 3 aliphatic rings. The molecule has 19 heavy (non-hydrogen) atoms. The van der Waals surface area contributed by atoms with Crippen molar-refractivity contribution >= 4 is 29.4 Å². The average Bonchev–Trinajstić information content (AvgIpc) is 2.77. The SMILES string of the molecule is CC(C)NC(=O)C1CC2CCCC(C1)C21SCCS1. The molecule has 1 saturated heterocycles. The third-order valence-corrected chi connectivity index (χ3v) is 8.94. The van der Waals surface area contributed by atoms with Gasteiger partial charge < -0.3 is 5.32 Å². The van der Waals surface area contributed by atoms with Crippen LogP contribution in [0.25, 0.3) is 0 Å². The molecular weight excluding hydrogens is 274 g/mol. The van der Waals surface area contributed by atoms with E-state index in [2.05, 4.69) is 42.7 Å². The Balaban J connectivity index is 1.73. The van der Waals surface area contributed by atoms with Crippen LogP contribution in [0.4, 0.5) is 0 Å². The highest BCUT2D eigenvalue weighted by Gasteiger charge is 2.55. The third-order valence-electron chi connectivity index (χ3n) is 4.92. The molecule has 0 radical (unpaired) electrons. The summed E-state index contributed by atoms with van der Waals surface area (Å²) in [6.45, 7) is 4.12. The summed E-state index contributed by atoms with van der Waals surface area (Å²) in [4.78, 5) is 12.3. The van der Waals surface area contributed by atoms with Gasteiger partial charge in [-0.25, -0.2) is 0 Å². The second-order valence-corrected chi connectivity index (χ2v) is 9.58. The number of nitrogens with one attached hydrogen (secondary N) is 1. The molecule has 2 aliphatic carbocycles. The number of rotatable bonds is 2. The molecule has 0 aromatic heterocycles. The van der Waals surface area contributed by atoms with Crippen molar-refractivity contribution in [3.8, 4) is 0 Å². The minimum absolute atomic E-state index is 0.276. The number of amides is 1. The summed E-state index contributed by atoms with van der Waals surface area (Å²) < 4.78 is 0.493. The molecule has 2 nitrogen and oxygen atoms in total. The van der Waals surface area contributed by atoms with Crippen LogP contribution in [-0.2, 0) is 4.79 Å². The largest absolute Gasteiger partial charge is 0.354 e. The second kappa shape index (κ2) is 5.51. The van der Waals surface area contributed by atoms with Crippen LogP contribution < -0.4 is 5.32 Å². The lowest BCUT2D eigenvalue weighted by molar-refractivity contribution is -0.128. The Morgan fingerprint density at radius 1 is 1.16 bits per heavy atom. The standard InChI is InChI=1S/C15H25NOS2/c1-10(2)16-14(17)11-8-12-4-3-5-13(9-11)15(12)18-6-7-19-15/h10-13H,3-9H2,1-2H3,(H,16,17). The maximum Gasteiger partial charge on any atom is 0.223 e. The normalized spacial score (nSPS) is 36.7. The first kappa shape index (κ1) is 14.1. The molecule has 2 bridgehead atoms. The summed E-state index contributed by atoms with van der Waals surface area (Å²) in [5.41, 5.74) is 0. The molecule has 2 unspecified atom stereocenters. The Morgan fingerprint density at radius 2 is 1.74 bits per heavy atom. The highest BCUT2D eigenvalue weighted by molar-refractivity contribution is 8.21. The van der Waals surface area contributed by atoms with Crippen molar-refractivity contribution < 1.29 is 4.79 Å². The fraction of sp³-hybridized carbons (Fsp3) is 0.933. The molecule has 1 aliphatic heterocycles. The molecule has 2 saturated carbocycles. The minimum Gasteiger partial charge on any atom is -0.354 e. The quantitative estimate of drug-likeness (QED) is 0.846. The van der Waals surface area contributed by atoms with Crippen LogP contribution in [0.5, 0.6) is 0 Å². The van der Waals surface area contributed by atoms with Gasteiger partial charge in [-0.1, -0.05) is 6.42 Å². The Kier molecular flexibility index (Phi) is 4.10. The van der Waals surface area contributed by atoms with Crippen LogP contribution in [-0.4, -0.2) is 27.5 Å². The molecule has 3 fully saturated rings. The number of hydrogen-bond acceptors (Lipinski definition) is 3. The monoisotopic (exact) mass is 299 g/mol. The average molecular weight is 300 g/mol. The third kappa shape index (κ3) is 2.55. The van der Waals surface area contributed by atoms with Gasteiger partial charge in [0.15, 0.2) is 0 Å². The maximum absolute atomic E-state index is 12.3. The van der Waals surface area contributed by atoms with Gasteiger partial charge in [-0.2, -0.15) is 0 Å². The van der Waals surface area contributed by atoms with E-state index in [0.717, 1.165) is 24.7 Å². The molecule has 1 spiro atoms. The maximum atomic E-state index is 12.3. The summed E-state index contributed by atoms with van der Waals surface area (Å²) in [7, 11) is 0. The first-order valence-corrected chi connectivity index (χ1v) is 9.67. The van der Waals surface area contributed by atoms with Gasteiger partial charge in [-0.3, -0.25) is 4.79 Å². The number of hydrogen-bond donors (Lipinski definition) is 1. The van der Waals surface area contributed by atoms with E-state index < -0.39 is 0 Å². The predicted octanol–water partition coefficient (Wildman–Crippen LogP) is 3.51. The van der Waals surface area contributed by atoms with E-state index in [1.54, 1.807) is 0 Å². The zero-order chi connectivity index (χ0) is 13.5. The molecule has 3 rings (SSSR count). The highest BCUT2D eigenvalue weighted by Crippen LogP contribution is 2.64. The van der Waals surface area contributed by atoms with Crippen molar-refractivity contribution in [3.05, 3.63) is 0 Å². The first-order valence-electron chi connectivity index (χ1n) is 7.70. The highest BCUT2D eigenvalue weighted by atomic mass is 32.2. The molecule has 1 amide bonds. The molecule has 108 valence electrons. The zero-order valence-corrected chi connectivity index (χ0v) is 13.6. The van der Waals surface area contributed by atoms with Gasteiger partial charge in [0.2, 0.25) is 5.91 Å². The fourth-order valence-electron chi connectivity index (χ4n) is 4.23. The molecule has 4 heteroatoms. The Labute approximate surface area is 125 Å².